The number of halogens is 1. The van der Waals surface area contributed by atoms with E-state index in [-0.39, 0.29) is 5.41 Å². The quantitative estimate of drug-likeness (QED) is 0.845. The molecule has 3 atom stereocenters. The first-order valence-electron chi connectivity index (χ1n) is 7.56. The fourth-order valence-corrected chi connectivity index (χ4v) is 4.86. The number of ether oxygens (including phenoxy) is 1. The van der Waals surface area contributed by atoms with Gasteiger partial charge in [-0.3, -0.25) is 0 Å². The van der Waals surface area contributed by atoms with Crippen molar-refractivity contribution >= 4 is 21.6 Å². The summed E-state index contributed by atoms with van der Waals surface area (Å²) in [6.07, 6.45) is 2.91. The standard InChI is InChI=1S/C17H24BrNO/c1-10-8-11(2)14(13(18)9-10)19-15-12-6-5-7-20-16(12)17(15,3)4/h8-9,12,15-16,19H,5-7H2,1-4H3. The van der Waals surface area contributed by atoms with E-state index in [9.17, 15) is 0 Å². The van der Waals surface area contributed by atoms with E-state index >= 15 is 0 Å². The van der Waals surface area contributed by atoms with E-state index in [0.29, 0.717) is 18.1 Å². The summed E-state index contributed by atoms with van der Waals surface area (Å²) in [6.45, 7) is 9.91. The van der Waals surface area contributed by atoms with Crippen LogP contribution in [0.15, 0.2) is 16.6 Å². The minimum absolute atomic E-state index is 0.210. The second-order valence-corrected chi connectivity index (χ2v) is 7.83. The van der Waals surface area contributed by atoms with Crippen molar-refractivity contribution in [2.75, 3.05) is 11.9 Å². The maximum absolute atomic E-state index is 5.99. The molecule has 2 nitrogen and oxygen atoms in total. The summed E-state index contributed by atoms with van der Waals surface area (Å²) in [6, 6.07) is 4.94. The van der Waals surface area contributed by atoms with Crippen LogP contribution in [0.3, 0.4) is 0 Å². The second-order valence-electron chi connectivity index (χ2n) is 6.98. The lowest BCUT2D eigenvalue weighted by Gasteiger charge is -2.60. The first kappa shape index (κ1) is 14.4. The molecule has 110 valence electrons. The van der Waals surface area contributed by atoms with Crippen LogP contribution in [0.4, 0.5) is 5.69 Å². The molecule has 0 radical (unpaired) electrons. The maximum atomic E-state index is 5.99. The van der Waals surface area contributed by atoms with Crippen molar-refractivity contribution in [3.63, 3.8) is 0 Å². The molecule has 1 heterocycles. The number of anilines is 1. The van der Waals surface area contributed by atoms with Crippen molar-refractivity contribution in [3.05, 3.63) is 27.7 Å². The third-order valence-electron chi connectivity index (χ3n) is 5.06. The van der Waals surface area contributed by atoms with Crippen LogP contribution in [0.2, 0.25) is 0 Å². The topological polar surface area (TPSA) is 21.3 Å². The van der Waals surface area contributed by atoms with Gasteiger partial charge in [-0.1, -0.05) is 19.9 Å². The van der Waals surface area contributed by atoms with Gasteiger partial charge in [0, 0.05) is 28.5 Å². The molecule has 1 aromatic carbocycles. The van der Waals surface area contributed by atoms with Crippen molar-refractivity contribution in [2.45, 2.75) is 52.7 Å². The average Bonchev–Trinajstić information content (AvgIpc) is 2.37. The molecule has 1 aliphatic carbocycles. The van der Waals surface area contributed by atoms with Gasteiger partial charge in [-0.15, -0.1) is 0 Å². The van der Waals surface area contributed by atoms with Crippen molar-refractivity contribution in [3.8, 4) is 0 Å². The van der Waals surface area contributed by atoms with Crippen LogP contribution in [0.25, 0.3) is 0 Å². The van der Waals surface area contributed by atoms with Crippen molar-refractivity contribution in [1.29, 1.82) is 0 Å². The molecule has 1 aliphatic heterocycles. The van der Waals surface area contributed by atoms with E-state index < -0.39 is 0 Å². The smallest absolute Gasteiger partial charge is 0.0693 e. The fraction of sp³-hybridized carbons (Fsp3) is 0.647. The highest BCUT2D eigenvalue weighted by atomic mass is 79.9. The van der Waals surface area contributed by atoms with E-state index in [1.165, 1.54) is 34.1 Å². The molecule has 1 saturated carbocycles. The van der Waals surface area contributed by atoms with Crippen LogP contribution in [0.1, 0.15) is 37.8 Å². The van der Waals surface area contributed by atoms with Crippen LogP contribution < -0.4 is 5.32 Å². The van der Waals surface area contributed by atoms with Crippen molar-refractivity contribution < 1.29 is 4.74 Å². The molecule has 0 spiro atoms. The molecule has 3 heteroatoms. The van der Waals surface area contributed by atoms with Gasteiger partial charge >= 0.3 is 0 Å². The van der Waals surface area contributed by atoms with Gasteiger partial charge in [-0.05, 0) is 59.8 Å². The molecule has 0 aromatic heterocycles. The fourth-order valence-electron chi connectivity index (χ4n) is 4.07. The first-order valence-corrected chi connectivity index (χ1v) is 8.35. The summed E-state index contributed by atoms with van der Waals surface area (Å²) in [7, 11) is 0. The van der Waals surface area contributed by atoms with E-state index in [2.05, 4.69) is 61.1 Å². The van der Waals surface area contributed by atoms with Gasteiger partial charge in [0.1, 0.15) is 0 Å². The Kier molecular flexibility index (Phi) is 3.62. The zero-order chi connectivity index (χ0) is 14.5. The number of aryl methyl sites for hydroxylation is 2. The van der Waals surface area contributed by atoms with Gasteiger partial charge in [0.05, 0.1) is 11.8 Å². The first-order chi connectivity index (χ1) is 9.41. The van der Waals surface area contributed by atoms with Crippen LogP contribution in [-0.2, 0) is 4.74 Å². The van der Waals surface area contributed by atoms with Crippen LogP contribution in [-0.4, -0.2) is 18.8 Å². The summed E-state index contributed by atoms with van der Waals surface area (Å²) in [5, 5.41) is 3.80. The van der Waals surface area contributed by atoms with E-state index in [0.717, 1.165) is 6.61 Å². The van der Waals surface area contributed by atoms with E-state index in [1.54, 1.807) is 0 Å². The summed E-state index contributed by atoms with van der Waals surface area (Å²) < 4.78 is 7.16. The van der Waals surface area contributed by atoms with Gasteiger partial charge in [-0.2, -0.15) is 0 Å². The Morgan fingerprint density at radius 1 is 1.30 bits per heavy atom. The Hall–Kier alpha value is -0.540. The Labute approximate surface area is 130 Å². The highest BCUT2D eigenvalue weighted by molar-refractivity contribution is 9.10. The molecule has 3 rings (SSSR count). The molecule has 3 unspecified atom stereocenters. The van der Waals surface area contributed by atoms with Crippen LogP contribution in [0.5, 0.6) is 0 Å². The van der Waals surface area contributed by atoms with Gasteiger partial charge in [-0.25, -0.2) is 0 Å². The SMILES string of the molecule is Cc1cc(C)c(NC2C3CCCOC3C2(C)C)c(Br)c1. The Bertz CT molecular complexity index is 503. The highest BCUT2D eigenvalue weighted by Crippen LogP contribution is 2.53. The number of rotatable bonds is 2. The molecule has 1 aromatic rings. The predicted molar refractivity (Wildman–Crippen MR) is 87.3 cm³/mol. The molecule has 2 fully saturated rings. The van der Waals surface area contributed by atoms with E-state index in [1.807, 2.05) is 0 Å². The van der Waals surface area contributed by atoms with Gasteiger partial charge in [0.25, 0.3) is 0 Å². The van der Waals surface area contributed by atoms with Gasteiger partial charge in [0.15, 0.2) is 0 Å². The van der Waals surface area contributed by atoms with Crippen LogP contribution >= 0.6 is 15.9 Å². The molecule has 1 N–H and O–H groups in total. The number of nitrogens with one attached hydrogen (secondary N) is 1. The average molecular weight is 338 g/mol. The van der Waals surface area contributed by atoms with E-state index in [4.69, 9.17) is 4.74 Å². The molecule has 0 bridgehead atoms. The summed E-state index contributed by atoms with van der Waals surface area (Å²) in [5.74, 6) is 0.659. The maximum Gasteiger partial charge on any atom is 0.0693 e. The number of hydrogen-bond acceptors (Lipinski definition) is 2. The normalized spacial score (nSPS) is 31.4. The zero-order valence-electron chi connectivity index (χ0n) is 12.8. The Balaban J connectivity index is 1.85. The third-order valence-corrected chi connectivity index (χ3v) is 5.69. The molecular weight excluding hydrogens is 314 g/mol. The minimum Gasteiger partial charge on any atom is -0.380 e. The van der Waals surface area contributed by atoms with Crippen LogP contribution in [0, 0.1) is 25.2 Å². The molecule has 1 saturated heterocycles. The highest BCUT2D eigenvalue weighted by Gasteiger charge is 2.58. The molecule has 0 amide bonds. The largest absolute Gasteiger partial charge is 0.380 e. The van der Waals surface area contributed by atoms with Gasteiger partial charge < -0.3 is 10.1 Å². The third kappa shape index (κ3) is 2.19. The Morgan fingerprint density at radius 3 is 2.75 bits per heavy atom. The van der Waals surface area contributed by atoms with Crippen molar-refractivity contribution in [1.82, 2.24) is 0 Å². The summed E-state index contributed by atoms with van der Waals surface area (Å²) in [4.78, 5) is 0. The lowest BCUT2D eigenvalue weighted by Crippen LogP contribution is -2.67. The number of fused-ring (bicyclic) bond motifs is 1. The number of benzene rings is 1. The molecule has 20 heavy (non-hydrogen) atoms. The molecular formula is C17H24BrNO. The minimum atomic E-state index is 0.210. The second kappa shape index (κ2) is 5.03. The van der Waals surface area contributed by atoms with Gasteiger partial charge in [0.2, 0.25) is 0 Å². The predicted octanol–water partition coefficient (Wildman–Crippen LogP) is 4.68. The monoisotopic (exact) mass is 337 g/mol. The lowest BCUT2D eigenvalue weighted by atomic mass is 9.55. The zero-order valence-corrected chi connectivity index (χ0v) is 14.4. The summed E-state index contributed by atoms with van der Waals surface area (Å²) >= 11 is 3.71. The lowest BCUT2D eigenvalue weighted by molar-refractivity contribution is -0.177. The Morgan fingerprint density at radius 2 is 2.05 bits per heavy atom. The number of hydrogen-bond donors (Lipinski definition) is 1. The molecule has 2 aliphatic rings. The van der Waals surface area contributed by atoms with Crippen molar-refractivity contribution in [2.24, 2.45) is 11.3 Å². The summed E-state index contributed by atoms with van der Waals surface area (Å²) in [5.41, 5.74) is 4.07.